The lowest BCUT2D eigenvalue weighted by Crippen LogP contribution is -2.15. The summed E-state index contributed by atoms with van der Waals surface area (Å²) < 4.78 is 5.31. The summed E-state index contributed by atoms with van der Waals surface area (Å²) in [5.41, 5.74) is 0. The van der Waals surface area contributed by atoms with Gasteiger partial charge < -0.3 is 14.9 Å². The molecule has 0 spiro atoms. The summed E-state index contributed by atoms with van der Waals surface area (Å²) in [4.78, 5) is 4.49. The van der Waals surface area contributed by atoms with Gasteiger partial charge in [0, 0.05) is 12.5 Å². The van der Waals surface area contributed by atoms with E-state index in [9.17, 15) is 5.11 Å². The fourth-order valence-electron chi connectivity index (χ4n) is 2.90. The molecule has 2 N–H and O–H groups in total. The van der Waals surface area contributed by atoms with Crippen LogP contribution in [0.1, 0.15) is 56.3 Å². The first kappa shape index (κ1) is 11.2. The number of β-amino-alcohol motifs (C(OH)–C–C–N with tert-alkyl or cyclic N) is 1. The summed E-state index contributed by atoms with van der Waals surface area (Å²) in [6.07, 6.45) is 3.97. The highest BCUT2D eigenvalue weighted by molar-refractivity contribution is 5.03. The largest absolute Gasteiger partial charge is 0.392 e. The summed E-state index contributed by atoms with van der Waals surface area (Å²) >= 11 is 0. The molecule has 1 aromatic rings. The molecule has 1 aliphatic carbocycles. The third kappa shape index (κ3) is 2.21. The van der Waals surface area contributed by atoms with E-state index in [4.69, 9.17) is 4.52 Å². The van der Waals surface area contributed by atoms with E-state index in [1.165, 1.54) is 19.3 Å². The van der Waals surface area contributed by atoms with Gasteiger partial charge in [-0.3, -0.25) is 0 Å². The highest BCUT2D eigenvalue weighted by Gasteiger charge is 2.31. The van der Waals surface area contributed by atoms with Crippen molar-refractivity contribution in [3.63, 3.8) is 0 Å². The Morgan fingerprint density at radius 1 is 1.35 bits per heavy atom. The van der Waals surface area contributed by atoms with Crippen molar-refractivity contribution in [3.8, 4) is 0 Å². The molecule has 17 heavy (non-hydrogen) atoms. The van der Waals surface area contributed by atoms with Gasteiger partial charge in [-0.25, -0.2) is 0 Å². The van der Waals surface area contributed by atoms with Crippen LogP contribution < -0.4 is 5.32 Å². The summed E-state index contributed by atoms with van der Waals surface area (Å²) in [6.45, 7) is 2.89. The van der Waals surface area contributed by atoms with Crippen LogP contribution in [-0.4, -0.2) is 27.9 Å². The number of aromatic nitrogens is 2. The second-order valence-corrected chi connectivity index (χ2v) is 5.46. The molecule has 2 heterocycles. The molecule has 2 fully saturated rings. The Kier molecular flexibility index (Phi) is 2.88. The molecule has 2 aliphatic rings. The first-order valence-electron chi connectivity index (χ1n) is 6.47. The maximum absolute atomic E-state index is 9.46. The lowest BCUT2D eigenvalue weighted by atomic mass is 10.1. The Morgan fingerprint density at radius 3 is 2.88 bits per heavy atom. The van der Waals surface area contributed by atoms with Gasteiger partial charge in [-0.1, -0.05) is 12.1 Å². The molecule has 5 nitrogen and oxygen atoms in total. The first-order valence-corrected chi connectivity index (χ1v) is 6.47. The van der Waals surface area contributed by atoms with Gasteiger partial charge in [-0.2, -0.15) is 4.98 Å². The van der Waals surface area contributed by atoms with Gasteiger partial charge in [-0.15, -0.1) is 0 Å². The van der Waals surface area contributed by atoms with Gasteiger partial charge in [0.15, 0.2) is 5.82 Å². The van der Waals surface area contributed by atoms with E-state index >= 15 is 0 Å². The molecule has 3 unspecified atom stereocenters. The Balaban J connectivity index is 1.70. The van der Waals surface area contributed by atoms with Crippen LogP contribution in [0.2, 0.25) is 0 Å². The van der Waals surface area contributed by atoms with Crippen LogP contribution >= 0.6 is 0 Å². The van der Waals surface area contributed by atoms with Crippen LogP contribution in [0.15, 0.2) is 4.52 Å². The number of aliphatic hydroxyl groups excluding tert-OH is 1. The zero-order valence-electron chi connectivity index (χ0n) is 10.1. The molecule has 1 saturated heterocycles. The second kappa shape index (κ2) is 4.38. The molecule has 0 amide bonds. The number of nitrogens with zero attached hydrogens (tertiary/aromatic N) is 2. The van der Waals surface area contributed by atoms with E-state index in [0.29, 0.717) is 24.8 Å². The smallest absolute Gasteiger partial charge is 0.243 e. The molecule has 94 valence electrons. The highest BCUT2D eigenvalue weighted by atomic mass is 16.5. The van der Waals surface area contributed by atoms with Crippen LogP contribution in [0.3, 0.4) is 0 Å². The molecular formula is C12H19N3O2. The molecule has 1 aliphatic heterocycles. The number of nitrogens with one attached hydrogen (secondary N) is 1. The van der Waals surface area contributed by atoms with Crippen molar-refractivity contribution in [1.82, 2.24) is 15.5 Å². The number of rotatable bonds is 2. The van der Waals surface area contributed by atoms with Crippen LogP contribution in [-0.2, 0) is 0 Å². The summed E-state index contributed by atoms with van der Waals surface area (Å²) in [6, 6.07) is 0.0325. The Hall–Kier alpha value is -0.940. The van der Waals surface area contributed by atoms with Crippen LogP contribution in [0.5, 0.6) is 0 Å². The lowest BCUT2D eigenvalue weighted by molar-refractivity contribution is 0.191. The van der Waals surface area contributed by atoms with Crippen LogP contribution in [0.4, 0.5) is 0 Å². The quantitative estimate of drug-likeness (QED) is 0.813. The average Bonchev–Trinajstić information content (AvgIpc) is 2.96. The third-order valence-electron chi connectivity index (χ3n) is 3.92. The first-order chi connectivity index (χ1) is 8.22. The monoisotopic (exact) mass is 237 g/mol. The third-order valence-corrected chi connectivity index (χ3v) is 3.92. The molecule has 1 saturated carbocycles. The van der Waals surface area contributed by atoms with E-state index < -0.39 is 0 Å². The van der Waals surface area contributed by atoms with E-state index in [2.05, 4.69) is 22.4 Å². The zero-order valence-corrected chi connectivity index (χ0v) is 10.1. The van der Waals surface area contributed by atoms with Crippen molar-refractivity contribution in [2.24, 2.45) is 5.92 Å². The van der Waals surface area contributed by atoms with Crippen molar-refractivity contribution < 1.29 is 9.63 Å². The van der Waals surface area contributed by atoms with Gasteiger partial charge in [0.2, 0.25) is 5.89 Å². The molecule has 0 aromatic carbocycles. The minimum Gasteiger partial charge on any atom is -0.392 e. The number of hydrogen-bond acceptors (Lipinski definition) is 5. The molecule has 0 bridgehead atoms. The van der Waals surface area contributed by atoms with Crippen LogP contribution in [0, 0.1) is 5.92 Å². The van der Waals surface area contributed by atoms with E-state index in [1.807, 2.05) is 0 Å². The van der Waals surface area contributed by atoms with E-state index in [0.717, 1.165) is 11.7 Å². The van der Waals surface area contributed by atoms with Crippen molar-refractivity contribution in [2.45, 2.75) is 50.7 Å². The average molecular weight is 237 g/mol. The van der Waals surface area contributed by atoms with Gasteiger partial charge in [0.25, 0.3) is 0 Å². The zero-order chi connectivity index (χ0) is 11.8. The molecule has 0 radical (unpaired) electrons. The topological polar surface area (TPSA) is 71.2 Å². The Morgan fingerprint density at radius 2 is 2.24 bits per heavy atom. The van der Waals surface area contributed by atoms with E-state index in [1.54, 1.807) is 0 Å². The highest BCUT2D eigenvalue weighted by Crippen LogP contribution is 2.37. The predicted molar refractivity (Wildman–Crippen MR) is 61.4 cm³/mol. The Bertz CT molecular complexity index is 358. The number of aliphatic hydroxyl groups is 1. The molecular weight excluding hydrogens is 218 g/mol. The fraction of sp³-hybridized carbons (Fsp3) is 0.833. The van der Waals surface area contributed by atoms with E-state index in [-0.39, 0.29) is 12.1 Å². The number of hydrogen-bond donors (Lipinski definition) is 2. The molecule has 3 rings (SSSR count). The predicted octanol–water partition coefficient (Wildman–Crippen LogP) is 1.37. The van der Waals surface area contributed by atoms with Gasteiger partial charge in [0.05, 0.1) is 12.1 Å². The summed E-state index contributed by atoms with van der Waals surface area (Å²) in [7, 11) is 0. The minimum atomic E-state index is -0.290. The minimum absolute atomic E-state index is 0.0325. The normalized spacial score (nSPS) is 37.8. The standard InChI is InChI=1S/C12H19N3O2/c1-7-2-3-8(4-7)11-14-12(17-15-11)10-5-9(16)6-13-10/h7-10,13,16H,2-6H2,1H3/t7?,8?,9?,10-/m0/s1. The van der Waals surface area contributed by atoms with Gasteiger partial charge in [-0.05, 0) is 31.6 Å². The maximum atomic E-state index is 9.46. The maximum Gasteiger partial charge on any atom is 0.243 e. The van der Waals surface area contributed by atoms with Gasteiger partial charge in [0.1, 0.15) is 0 Å². The second-order valence-electron chi connectivity index (χ2n) is 5.46. The SMILES string of the molecule is CC1CCC(c2noc([C@@H]3CC(O)CN3)n2)C1. The van der Waals surface area contributed by atoms with Crippen molar-refractivity contribution in [3.05, 3.63) is 11.7 Å². The Labute approximate surface area is 101 Å². The molecule has 1 aromatic heterocycles. The molecule has 4 atom stereocenters. The summed E-state index contributed by atoms with van der Waals surface area (Å²) in [5.74, 6) is 2.73. The van der Waals surface area contributed by atoms with Gasteiger partial charge >= 0.3 is 0 Å². The van der Waals surface area contributed by atoms with Crippen molar-refractivity contribution in [2.75, 3.05) is 6.54 Å². The molecule has 5 heteroatoms. The van der Waals surface area contributed by atoms with Crippen molar-refractivity contribution >= 4 is 0 Å². The van der Waals surface area contributed by atoms with Crippen molar-refractivity contribution in [1.29, 1.82) is 0 Å². The lowest BCUT2D eigenvalue weighted by Gasteiger charge is -2.03. The van der Waals surface area contributed by atoms with Crippen LogP contribution in [0.25, 0.3) is 0 Å². The fourth-order valence-corrected chi connectivity index (χ4v) is 2.90. The summed E-state index contributed by atoms with van der Waals surface area (Å²) in [5, 5.41) is 16.7.